The summed E-state index contributed by atoms with van der Waals surface area (Å²) < 4.78 is 5.37. The van der Waals surface area contributed by atoms with Crippen LogP contribution in [-0.4, -0.2) is 25.1 Å². The number of rotatable bonds is 7. The van der Waals surface area contributed by atoms with Crippen LogP contribution in [-0.2, 0) is 16.1 Å². The summed E-state index contributed by atoms with van der Waals surface area (Å²) in [6.45, 7) is 7.47. The zero-order valence-electron chi connectivity index (χ0n) is 11.3. The number of carbonyl (C=O) groups is 1. The van der Waals surface area contributed by atoms with E-state index in [1.165, 1.54) is 0 Å². The van der Waals surface area contributed by atoms with Crippen LogP contribution in [0, 0.1) is 0 Å². The van der Waals surface area contributed by atoms with Gasteiger partial charge in [0.2, 0.25) is 5.91 Å². The summed E-state index contributed by atoms with van der Waals surface area (Å²) in [6, 6.07) is 7.99. The Bertz CT molecular complexity index is 378. The number of ether oxygens (including phenoxy) is 1. The van der Waals surface area contributed by atoms with Crippen molar-refractivity contribution in [1.29, 1.82) is 0 Å². The number of carbonyl (C=O) groups excluding carboxylic acids is 1. The summed E-state index contributed by atoms with van der Waals surface area (Å²) in [6.07, 6.45) is 0. The summed E-state index contributed by atoms with van der Waals surface area (Å²) in [5.41, 5.74) is 1.82. The molecule has 100 valence electrons. The number of amides is 1. The van der Waals surface area contributed by atoms with Crippen molar-refractivity contribution in [1.82, 2.24) is 5.32 Å². The van der Waals surface area contributed by atoms with E-state index in [0.29, 0.717) is 25.8 Å². The van der Waals surface area contributed by atoms with Crippen LogP contribution in [0.4, 0.5) is 5.69 Å². The van der Waals surface area contributed by atoms with Gasteiger partial charge in [-0.3, -0.25) is 4.79 Å². The van der Waals surface area contributed by atoms with Crippen molar-refractivity contribution < 1.29 is 9.53 Å². The fraction of sp³-hybridized carbons (Fsp3) is 0.500. The zero-order chi connectivity index (χ0) is 13.4. The highest BCUT2D eigenvalue weighted by molar-refractivity contribution is 5.92. The molecule has 0 aliphatic heterocycles. The standard InChI is InChI=1S/C14H22N2O2/c1-4-18-10-12-7-5-6-8-13(12)16-14(17)9-15-11(2)3/h5-8,11,15H,4,9-10H2,1-3H3,(H,16,17). The second-order valence-corrected chi connectivity index (χ2v) is 4.38. The summed E-state index contributed by atoms with van der Waals surface area (Å²) in [7, 11) is 0. The third-order valence-corrected chi connectivity index (χ3v) is 2.42. The second-order valence-electron chi connectivity index (χ2n) is 4.38. The molecule has 0 saturated heterocycles. The highest BCUT2D eigenvalue weighted by atomic mass is 16.5. The molecule has 0 saturated carbocycles. The molecule has 0 fully saturated rings. The Kier molecular flexibility index (Phi) is 6.39. The van der Waals surface area contributed by atoms with Crippen molar-refractivity contribution in [2.45, 2.75) is 33.4 Å². The van der Waals surface area contributed by atoms with E-state index in [4.69, 9.17) is 4.74 Å². The number of para-hydroxylation sites is 1. The number of hydrogen-bond donors (Lipinski definition) is 2. The number of benzene rings is 1. The van der Waals surface area contributed by atoms with Gasteiger partial charge in [-0.2, -0.15) is 0 Å². The number of anilines is 1. The van der Waals surface area contributed by atoms with E-state index < -0.39 is 0 Å². The SMILES string of the molecule is CCOCc1ccccc1NC(=O)CNC(C)C. The summed E-state index contributed by atoms with van der Waals surface area (Å²) in [4.78, 5) is 11.7. The van der Waals surface area contributed by atoms with E-state index in [2.05, 4.69) is 10.6 Å². The van der Waals surface area contributed by atoms with Crippen molar-refractivity contribution in [3.63, 3.8) is 0 Å². The molecule has 0 radical (unpaired) electrons. The van der Waals surface area contributed by atoms with Gasteiger partial charge in [0, 0.05) is 23.9 Å². The lowest BCUT2D eigenvalue weighted by Gasteiger charge is -2.12. The third-order valence-electron chi connectivity index (χ3n) is 2.42. The van der Waals surface area contributed by atoms with E-state index >= 15 is 0 Å². The smallest absolute Gasteiger partial charge is 0.238 e. The van der Waals surface area contributed by atoms with E-state index in [1.54, 1.807) is 0 Å². The third kappa shape index (κ3) is 5.29. The van der Waals surface area contributed by atoms with Crippen LogP contribution in [0.15, 0.2) is 24.3 Å². The highest BCUT2D eigenvalue weighted by Gasteiger charge is 2.06. The van der Waals surface area contributed by atoms with Crippen LogP contribution in [0.1, 0.15) is 26.3 Å². The quantitative estimate of drug-likeness (QED) is 0.779. The van der Waals surface area contributed by atoms with Crippen LogP contribution in [0.2, 0.25) is 0 Å². The molecular formula is C14H22N2O2. The van der Waals surface area contributed by atoms with Gasteiger partial charge in [-0.05, 0) is 13.0 Å². The predicted molar refractivity (Wildman–Crippen MR) is 73.5 cm³/mol. The predicted octanol–water partition coefficient (Wildman–Crippen LogP) is 2.16. The maximum Gasteiger partial charge on any atom is 0.238 e. The van der Waals surface area contributed by atoms with Crippen LogP contribution in [0.25, 0.3) is 0 Å². The fourth-order valence-electron chi connectivity index (χ4n) is 1.47. The van der Waals surface area contributed by atoms with Gasteiger partial charge in [0.05, 0.1) is 13.2 Å². The Hall–Kier alpha value is -1.39. The molecule has 1 rings (SSSR count). The van der Waals surface area contributed by atoms with E-state index in [1.807, 2.05) is 45.0 Å². The molecule has 0 aliphatic carbocycles. The van der Waals surface area contributed by atoms with Crippen molar-refractivity contribution >= 4 is 11.6 Å². The van der Waals surface area contributed by atoms with E-state index in [0.717, 1.165) is 11.3 Å². The average molecular weight is 250 g/mol. The zero-order valence-corrected chi connectivity index (χ0v) is 11.3. The summed E-state index contributed by atoms with van der Waals surface area (Å²) >= 11 is 0. The van der Waals surface area contributed by atoms with Crippen LogP contribution >= 0.6 is 0 Å². The van der Waals surface area contributed by atoms with Gasteiger partial charge >= 0.3 is 0 Å². The lowest BCUT2D eigenvalue weighted by Crippen LogP contribution is -2.32. The topological polar surface area (TPSA) is 50.4 Å². The molecule has 0 unspecified atom stereocenters. The van der Waals surface area contributed by atoms with Crippen LogP contribution in [0.5, 0.6) is 0 Å². The molecule has 0 heterocycles. The Labute approximate surface area is 109 Å². The summed E-state index contributed by atoms with van der Waals surface area (Å²) in [5, 5.41) is 5.98. The van der Waals surface area contributed by atoms with Crippen molar-refractivity contribution in [3.05, 3.63) is 29.8 Å². The molecule has 4 nitrogen and oxygen atoms in total. The minimum absolute atomic E-state index is 0.0346. The molecule has 0 atom stereocenters. The highest BCUT2D eigenvalue weighted by Crippen LogP contribution is 2.15. The van der Waals surface area contributed by atoms with E-state index in [-0.39, 0.29) is 5.91 Å². The molecule has 1 aromatic rings. The van der Waals surface area contributed by atoms with Crippen LogP contribution in [0.3, 0.4) is 0 Å². The lowest BCUT2D eigenvalue weighted by atomic mass is 10.2. The van der Waals surface area contributed by atoms with Crippen LogP contribution < -0.4 is 10.6 Å². The molecule has 0 aromatic heterocycles. The minimum atomic E-state index is -0.0346. The fourth-order valence-corrected chi connectivity index (χ4v) is 1.47. The monoisotopic (exact) mass is 250 g/mol. The van der Waals surface area contributed by atoms with Crippen molar-refractivity contribution in [2.24, 2.45) is 0 Å². The van der Waals surface area contributed by atoms with Gasteiger partial charge in [0.1, 0.15) is 0 Å². The first-order valence-corrected chi connectivity index (χ1v) is 6.32. The summed E-state index contributed by atoms with van der Waals surface area (Å²) in [5.74, 6) is -0.0346. The molecule has 1 amide bonds. The average Bonchev–Trinajstić information content (AvgIpc) is 2.35. The molecule has 1 aromatic carbocycles. The molecule has 0 spiro atoms. The maximum atomic E-state index is 11.7. The Morgan fingerprint density at radius 1 is 1.33 bits per heavy atom. The molecular weight excluding hydrogens is 228 g/mol. The van der Waals surface area contributed by atoms with Gasteiger partial charge in [-0.1, -0.05) is 32.0 Å². The maximum absolute atomic E-state index is 11.7. The van der Waals surface area contributed by atoms with E-state index in [9.17, 15) is 4.79 Å². The first-order valence-electron chi connectivity index (χ1n) is 6.32. The first-order chi connectivity index (χ1) is 8.63. The molecule has 4 heteroatoms. The Balaban J connectivity index is 2.57. The lowest BCUT2D eigenvalue weighted by molar-refractivity contribution is -0.115. The first kappa shape index (κ1) is 14.7. The van der Waals surface area contributed by atoms with Gasteiger partial charge in [-0.15, -0.1) is 0 Å². The molecule has 0 bridgehead atoms. The van der Waals surface area contributed by atoms with Gasteiger partial charge < -0.3 is 15.4 Å². The number of nitrogens with one attached hydrogen (secondary N) is 2. The van der Waals surface area contributed by atoms with Gasteiger partial charge in [-0.25, -0.2) is 0 Å². The van der Waals surface area contributed by atoms with Crippen molar-refractivity contribution in [3.8, 4) is 0 Å². The molecule has 2 N–H and O–H groups in total. The largest absolute Gasteiger partial charge is 0.377 e. The Morgan fingerprint density at radius 3 is 2.72 bits per heavy atom. The normalized spacial score (nSPS) is 10.7. The van der Waals surface area contributed by atoms with Gasteiger partial charge in [0.25, 0.3) is 0 Å². The Morgan fingerprint density at radius 2 is 2.06 bits per heavy atom. The second kappa shape index (κ2) is 7.84. The minimum Gasteiger partial charge on any atom is -0.377 e. The number of hydrogen-bond acceptors (Lipinski definition) is 3. The van der Waals surface area contributed by atoms with Gasteiger partial charge in [0.15, 0.2) is 0 Å². The van der Waals surface area contributed by atoms with Crippen molar-refractivity contribution in [2.75, 3.05) is 18.5 Å². The molecule has 0 aliphatic rings. The molecule has 18 heavy (non-hydrogen) atoms.